The molecule has 2 unspecified atom stereocenters. The van der Waals surface area contributed by atoms with Gasteiger partial charge in [-0.1, -0.05) is 0 Å². The van der Waals surface area contributed by atoms with Crippen LogP contribution in [-0.4, -0.2) is 42.8 Å². The minimum atomic E-state index is -0.193. The summed E-state index contributed by atoms with van der Waals surface area (Å²) < 4.78 is 5.61. The lowest BCUT2D eigenvalue weighted by Gasteiger charge is -2.37. The predicted octanol–water partition coefficient (Wildman–Crippen LogP) is 1.06. The zero-order chi connectivity index (χ0) is 14.0. The van der Waals surface area contributed by atoms with E-state index in [-0.39, 0.29) is 24.6 Å². The molecule has 0 amide bonds. The van der Waals surface area contributed by atoms with Crippen molar-refractivity contribution in [3.05, 3.63) is 23.8 Å². The zero-order valence-electron chi connectivity index (χ0n) is 11.3. The number of Topliss-reactive ketones (excluding diaryl/α,β-unsaturated/α-hetero) is 1. The molecule has 0 aromatic heterocycles. The average Bonchev–Trinajstić information content (AvgIpc) is 2.38. The average molecular weight is 264 g/mol. The molecule has 0 bridgehead atoms. The van der Waals surface area contributed by atoms with Gasteiger partial charge >= 0.3 is 0 Å². The molecule has 0 aliphatic carbocycles. The van der Waals surface area contributed by atoms with Crippen LogP contribution in [0.25, 0.3) is 0 Å². The third kappa shape index (κ3) is 3.05. The Morgan fingerprint density at radius 2 is 2.26 bits per heavy atom. The van der Waals surface area contributed by atoms with Crippen LogP contribution in [0.4, 0.5) is 11.4 Å². The zero-order valence-corrected chi connectivity index (χ0v) is 11.3. The van der Waals surface area contributed by atoms with Crippen LogP contribution >= 0.6 is 0 Å². The number of carbonyl (C=O) groups excluding carboxylic acids is 1. The van der Waals surface area contributed by atoms with E-state index < -0.39 is 0 Å². The molecular weight excluding hydrogens is 244 g/mol. The van der Waals surface area contributed by atoms with Crippen LogP contribution in [0.1, 0.15) is 24.2 Å². The lowest BCUT2D eigenvalue weighted by atomic mass is 10.1. The number of nitrogen functional groups attached to an aromatic ring is 1. The van der Waals surface area contributed by atoms with Gasteiger partial charge in [-0.2, -0.15) is 0 Å². The van der Waals surface area contributed by atoms with E-state index >= 15 is 0 Å². The number of ketones is 1. The van der Waals surface area contributed by atoms with Gasteiger partial charge in [0.25, 0.3) is 0 Å². The molecular formula is C14H20N2O3. The number of morpholine rings is 1. The predicted molar refractivity (Wildman–Crippen MR) is 74.5 cm³/mol. The van der Waals surface area contributed by atoms with Gasteiger partial charge in [-0.15, -0.1) is 0 Å². The quantitative estimate of drug-likeness (QED) is 0.630. The van der Waals surface area contributed by atoms with Crippen LogP contribution in [0, 0.1) is 0 Å². The van der Waals surface area contributed by atoms with Crippen LogP contribution in [0.3, 0.4) is 0 Å². The van der Waals surface area contributed by atoms with Crippen LogP contribution in [0.5, 0.6) is 0 Å². The highest BCUT2D eigenvalue weighted by Gasteiger charge is 2.25. The van der Waals surface area contributed by atoms with Crippen LogP contribution in [0.15, 0.2) is 18.2 Å². The normalized spacial score (nSPS) is 23.4. The summed E-state index contributed by atoms with van der Waals surface area (Å²) in [4.78, 5) is 13.6. The molecule has 1 saturated heterocycles. The van der Waals surface area contributed by atoms with Gasteiger partial charge in [0, 0.05) is 30.0 Å². The number of carbonyl (C=O) groups is 1. The molecule has 104 valence electrons. The highest BCUT2D eigenvalue weighted by molar-refractivity contribution is 6.00. The highest BCUT2D eigenvalue weighted by Crippen LogP contribution is 2.24. The molecule has 2 atom stereocenters. The van der Waals surface area contributed by atoms with Gasteiger partial charge < -0.3 is 20.5 Å². The maximum atomic E-state index is 11.5. The van der Waals surface area contributed by atoms with Crippen molar-refractivity contribution >= 4 is 17.2 Å². The van der Waals surface area contributed by atoms with Crippen molar-refractivity contribution in [1.82, 2.24) is 0 Å². The summed E-state index contributed by atoms with van der Waals surface area (Å²) >= 11 is 0. The number of hydrogen-bond acceptors (Lipinski definition) is 5. The fourth-order valence-corrected chi connectivity index (χ4v) is 2.40. The first-order valence-electron chi connectivity index (χ1n) is 6.43. The SMILES string of the molecule is CC(=O)c1cc(N2CC(C)OC(CO)C2)ccc1N. The third-order valence-electron chi connectivity index (χ3n) is 3.31. The Hall–Kier alpha value is -1.59. The van der Waals surface area contributed by atoms with Gasteiger partial charge in [0.05, 0.1) is 18.8 Å². The Kier molecular flexibility index (Phi) is 4.07. The number of hydrogen-bond donors (Lipinski definition) is 2. The largest absolute Gasteiger partial charge is 0.398 e. The molecule has 1 aromatic carbocycles. The Morgan fingerprint density at radius 1 is 1.53 bits per heavy atom. The fourth-order valence-electron chi connectivity index (χ4n) is 2.40. The first-order chi connectivity index (χ1) is 9.01. The summed E-state index contributed by atoms with van der Waals surface area (Å²) in [7, 11) is 0. The molecule has 1 heterocycles. The first kappa shape index (κ1) is 13.8. The fraction of sp³-hybridized carbons (Fsp3) is 0.500. The van der Waals surface area contributed by atoms with E-state index in [2.05, 4.69) is 4.90 Å². The molecule has 1 fully saturated rings. The molecule has 5 heteroatoms. The minimum Gasteiger partial charge on any atom is -0.398 e. The van der Waals surface area contributed by atoms with Crippen molar-refractivity contribution in [2.75, 3.05) is 30.3 Å². The van der Waals surface area contributed by atoms with Gasteiger partial charge in [-0.3, -0.25) is 4.79 Å². The maximum absolute atomic E-state index is 11.5. The Morgan fingerprint density at radius 3 is 2.89 bits per heavy atom. The molecule has 0 saturated carbocycles. The smallest absolute Gasteiger partial charge is 0.161 e. The maximum Gasteiger partial charge on any atom is 0.161 e. The second kappa shape index (κ2) is 5.59. The number of anilines is 2. The molecule has 1 aliphatic rings. The lowest BCUT2D eigenvalue weighted by molar-refractivity contribution is -0.0421. The van der Waals surface area contributed by atoms with E-state index in [0.717, 1.165) is 12.2 Å². The molecule has 5 nitrogen and oxygen atoms in total. The number of nitrogens with two attached hydrogens (primary N) is 1. The Balaban J connectivity index is 2.26. The van der Waals surface area contributed by atoms with Crippen LogP contribution in [-0.2, 0) is 4.74 Å². The summed E-state index contributed by atoms with van der Waals surface area (Å²) in [6.07, 6.45) is -0.147. The number of aliphatic hydroxyl groups excluding tert-OH is 1. The van der Waals surface area contributed by atoms with Crippen molar-refractivity contribution < 1.29 is 14.6 Å². The second-order valence-electron chi connectivity index (χ2n) is 4.98. The van der Waals surface area contributed by atoms with E-state index in [1.165, 1.54) is 6.92 Å². The number of nitrogens with zero attached hydrogens (tertiary/aromatic N) is 1. The Labute approximate surface area is 113 Å². The molecule has 1 aliphatic heterocycles. The van der Waals surface area contributed by atoms with Gasteiger partial charge in [-0.25, -0.2) is 0 Å². The van der Waals surface area contributed by atoms with Crippen molar-refractivity contribution in [3.8, 4) is 0 Å². The standard InChI is InChI=1S/C14H20N2O3/c1-9-6-16(7-12(8-17)19-9)11-3-4-14(15)13(5-11)10(2)18/h3-5,9,12,17H,6-8,15H2,1-2H3. The van der Waals surface area contributed by atoms with Crippen molar-refractivity contribution in [1.29, 1.82) is 0 Å². The van der Waals surface area contributed by atoms with E-state index in [9.17, 15) is 9.90 Å². The van der Waals surface area contributed by atoms with Gasteiger partial charge in [0.2, 0.25) is 0 Å². The van der Waals surface area contributed by atoms with Gasteiger partial charge in [-0.05, 0) is 32.0 Å². The van der Waals surface area contributed by atoms with Gasteiger partial charge in [0.1, 0.15) is 0 Å². The van der Waals surface area contributed by atoms with Crippen LogP contribution in [0.2, 0.25) is 0 Å². The summed E-state index contributed by atoms with van der Waals surface area (Å²) in [5, 5.41) is 9.23. The molecule has 3 N–H and O–H groups in total. The molecule has 0 radical (unpaired) electrons. The lowest BCUT2D eigenvalue weighted by Crippen LogP contribution is -2.48. The Bertz CT molecular complexity index is 476. The minimum absolute atomic E-state index is 0.00459. The highest BCUT2D eigenvalue weighted by atomic mass is 16.5. The monoisotopic (exact) mass is 264 g/mol. The number of aliphatic hydroxyl groups is 1. The molecule has 0 spiro atoms. The summed E-state index contributed by atoms with van der Waals surface area (Å²) in [5.41, 5.74) is 7.77. The number of ether oxygens (including phenoxy) is 1. The summed E-state index contributed by atoms with van der Waals surface area (Å²) in [5.74, 6) is -0.0423. The first-order valence-corrected chi connectivity index (χ1v) is 6.43. The molecule has 19 heavy (non-hydrogen) atoms. The topological polar surface area (TPSA) is 75.8 Å². The van der Waals surface area contributed by atoms with Crippen LogP contribution < -0.4 is 10.6 Å². The number of benzene rings is 1. The van der Waals surface area contributed by atoms with E-state index in [4.69, 9.17) is 10.5 Å². The van der Waals surface area contributed by atoms with Crippen molar-refractivity contribution in [3.63, 3.8) is 0 Å². The summed E-state index contributed by atoms with van der Waals surface area (Å²) in [6.45, 7) is 4.82. The van der Waals surface area contributed by atoms with Gasteiger partial charge in [0.15, 0.2) is 5.78 Å². The van der Waals surface area contributed by atoms with Crippen molar-refractivity contribution in [2.24, 2.45) is 0 Å². The molecule has 1 aromatic rings. The van der Waals surface area contributed by atoms with E-state index in [1.807, 2.05) is 19.1 Å². The van der Waals surface area contributed by atoms with E-state index in [0.29, 0.717) is 17.8 Å². The number of rotatable bonds is 3. The molecule has 2 rings (SSSR count). The van der Waals surface area contributed by atoms with E-state index in [1.54, 1.807) is 6.07 Å². The summed E-state index contributed by atoms with van der Waals surface area (Å²) in [6, 6.07) is 5.46. The van der Waals surface area contributed by atoms with Crippen molar-refractivity contribution in [2.45, 2.75) is 26.1 Å². The second-order valence-corrected chi connectivity index (χ2v) is 4.98. The third-order valence-corrected chi connectivity index (χ3v) is 3.31.